The summed E-state index contributed by atoms with van der Waals surface area (Å²) < 4.78 is 5.28. The van der Waals surface area contributed by atoms with Crippen molar-refractivity contribution < 1.29 is 14.3 Å². The molecule has 7 heteroatoms. The zero-order chi connectivity index (χ0) is 19.4. The number of fused-ring (bicyclic) bond motifs is 1. The second-order valence-corrected chi connectivity index (χ2v) is 7.17. The van der Waals surface area contributed by atoms with Gasteiger partial charge in [0, 0.05) is 19.5 Å². The van der Waals surface area contributed by atoms with Gasteiger partial charge in [0.2, 0.25) is 0 Å². The summed E-state index contributed by atoms with van der Waals surface area (Å²) in [5.74, 6) is 0.438. The average Bonchev–Trinajstić information content (AvgIpc) is 2.66. The normalized spacial score (nSPS) is 16.3. The molecule has 1 amide bonds. The molecule has 2 aromatic rings. The van der Waals surface area contributed by atoms with Gasteiger partial charge in [0.05, 0.1) is 17.3 Å². The number of hydrogen-bond acceptors (Lipinski definition) is 5. The molecular formula is C20H25N3O4. The highest BCUT2D eigenvalue weighted by atomic mass is 16.5. The van der Waals surface area contributed by atoms with E-state index < -0.39 is 12.1 Å². The zero-order valence-electron chi connectivity index (χ0n) is 15.7. The van der Waals surface area contributed by atoms with Crippen molar-refractivity contribution in [3.05, 3.63) is 40.4 Å². The molecule has 1 unspecified atom stereocenters. The maximum absolute atomic E-state index is 12.4. The van der Waals surface area contributed by atoms with Gasteiger partial charge in [-0.3, -0.25) is 14.4 Å². The Hall–Kier alpha value is -2.70. The zero-order valence-corrected chi connectivity index (χ0v) is 15.7. The fraction of sp³-hybridized carbons (Fsp3) is 0.500. The lowest BCUT2D eigenvalue weighted by atomic mass is 9.99. The summed E-state index contributed by atoms with van der Waals surface area (Å²) in [6.07, 6.45) is 1.46. The molecule has 0 aliphatic carbocycles. The first-order valence-corrected chi connectivity index (χ1v) is 9.40. The van der Waals surface area contributed by atoms with Crippen molar-refractivity contribution >= 4 is 22.8 Å². The van der Waals surface area contributed by atoms with Gasteiger partial charge < -0.3 is 14.6 Å². The molecular weight excluding hydrogens is 346 g/mol. The third kappa shape index (κ3) is 4.72. The maximum Gasteiger partial charge on any atom is 0.307 e. The Labute approximate surface area is 157 Å². The number of nitrogens with one attached hydrogen (secondary N) is 1. The van der Waals surface area contributed by atoms with Crippen molar-refractivity contribution in [2.45, 2.75) is 45.6 Å². The molecule has 27 heavy (non-hydrogen) atoms. The van der Waals surface area contributed by atoms with Crippen molar-refractivity contribution in [1.82, 2.24) is 14.9 Å². The molecule has 1 aromatic carbocycles. The van der Waals surface area contributed by atoms with Crippen LogP contribution in [0.15, 0.2) is 29.1 Å². The van der Waals surface area contributed by atoms with E-state index >= 15 is 0 Å². The summed E-state index contributed by atoms with van der Waals surface area (Å²) >= 11 is 0. The SMILES string of the molecule is CC1CCN(C(=O)C(C)OC(=O)CCc2nc3ccccc3c(=O)[nH]2)CC1. The first-order valence-electron chi connectivity index (χ1n) is 9.40. The lowest BCUT2D eigenvalue weighted by Crippen LogP contribution is -2.44. The molecule has 1 atom stereocenters. The molecule has 1 aliphatic heterocycles. The Balaban J connectivity index is 1.53. The Morgan fingerprint density at radius 1 is 1.30 bits per heavy atom. The van der Waals surface area contributed by atoms with Crippen LogP contribution >= 0.6 is 0 Å². The van der Waals surface area contributed by atoms with E-state index in [1.165, 1.54) is 0 Å². The van der Waals surface area contributed by atoms with E-state index in [9.17, 15) is 14.4 Å². The van der Waals surface area contributed by atoms with E-state index in [-0.39, 0.29) is 24.3 Å². The third-order valence-corrected chi connectivity index (χ3v) is 4.98. The van der Waals surface area contributed by atoms with Crippen molar-refractivity contribution in [1.29, 1.82) is 0 Å². The molecule has 1 saturated heterocycles. The number of benzene rings is 1. The molecule has 0 saturated carbocycles. The summed E-state index contributed by atoms with van der Waals surface area (Å²) in [5.41, 5.74) is 0.360. The number of ether oxygens (including phenoxy) is 1. The fourth-order valence-electron chi connectivity index (χ4n) is 3.27. The number of para-hydroxylation sites is 1. The Morgan fingerprint density at radius 2 is 2.00 bits per heavy atom. The van der Waals surface area contributed by atoms with Crippen LogP contribution in [-0.2, 0) is 20.7 Å². The van der Waals surface area contributed by atoms with Crippen LogP contribution in [0, 0.1) is 5.92 Å². The largest absolute Gasteiger partial charge is 0.453 e. The number of aromatic amines is 1. The smallest absolute Gasteiger partial charge is 0.307 e. The summed E-state index contributed by atoms with van der Waals surface area (Å²) in [7, 11) is 0. The van der Waals surface area contributed by atoms with Gasteiger partial charge in [-0.15, -0.1) is 0 Å². The molecule has 1 fully saturated rings. The molecule has 144 valence electrons. The lowest BCUT2D eigenvalue weighted by Gasteiger charge is -2.31. The van der Waals surface area contributed by atoms with E-state index in [2.05, 4.69) is 16.9 Å². The van der Waals surface area contributed by atoms with Gasteiger partial charge in [-0.25, -0.2) is 4.98 Å². The van der Waals surface area contributed by atoms with Crippen LogP contribution in [0.2, 0.25) is 0 Å². The fourth-order valence-corrected chi connectivity index (χ4v) is 3.27. The molecule has 2 heterocycles. The molecule has 3 rings (SSSR count). The molecule has 1 aromatic heterocycles. The lowest BCUT2D eigenvalue weighted by molar-refractivity contribution is -0.159. The van der Waals surface area contributed by atoms with Crippen molar-refractivity contribution in [3.8, 4) is 0 Å². The number of aromatic nitrogens is 2. The van der Waals surface area contributed by atoms with Crippen LogP contribution in [0.5, 0.6) is 0 Å². The van der Waals surface area contributed by atoms with Crippen LogP contribution in [0.3, 0.4) is 0 Å². The third-order valence-electron chi connectivity index (χ3n) is 4.98. The van der Waals surface area contributed by atoms with Gasteiger partial charge >= 0.3 is 5.97 Å². The van der Waals surface area contributed by atoms with Gasteiger partial charge in [-0.2, -0.15) is 0 Å². The Morgan fingerprint density at radius 3 is 2.74 bits per heavy atom. The summed E-state index contributed by atoms with van der Waals surface area (Å²) in [6, 6.07) is 7.04. The minimum Gasteiger partial charge on any atom is -0.453 e. The second-order valence-electron chi connectivity index (χ2n) is 7.17. The molecule has 7 nitrogen and oxygen atoms in total. The number of aryl methyl sites for hydroxylation is 1. The highest BCUT2D eigenvalue weighted by molar-refractivity contribution is 5.83. The van der Waals surface area contributed by atoms with Crippen molar-refractivity contribution in [2.24, 2.45) is 5.92 Å². The number of amides is 1. The van der Waals surface area contributed by atoms with Crippen LogP contribution in [0.25, 0.3) is 10.9 Å². The van der Waals surface area contributed by atoms with Crippen LogP contribution in [0.1, 0.15) is 38.9 Å². The number of nitrogens with zero attached hydrogens (tertiary/aromatic N) is 2. The summed E-state index contributed by atoms with van der Waals surface area (Å²) in [5, 5.41) is 0.513. The number of hydrogen-bond donors (Lipinski definition) is 1. The topological polar surface area (TPSA) is 92.4 Å². The van der Waals surface area contributed by atoms with Gasteiger partial charge in [0.25, 0.3) is 11.5 Å². The summed E-state index contributed by atoms with van der Waals surface area (Å²) in [6.45, 7) is 5.21. The van der Waals surface area contributed by atoms with E-state index in [1.54, 1.807) is 36.1 Å². The van der Waals surface area contributed by atoms with Gasteiger partial charge in [0.1, 0.15) is 5.82 Å². The number of piperidine rings is 1. The van der Waals surface area contributed by atoms with Crippen molar-refractivity contribution in [2.75, 3.05) is 13.1 Å². The first kappa shape index (κ1) is 19.1. The number of likely N-dealkylation sites (tertiary alicyclic amines) is 1. The predicted octanol–water partition coefficient (Wildman–Crippen LogP) is 2.05. The summed E-state index contributed by atoms with van der Waals surface area (Å²) in [4.78, 5) is 45.4. The minimum atomic E-state index is -0.797. The molecule has 0 radical (unpaired) electrons. The van der Waals surface area contributed by atoms with Crippen LogP contribution in [0.4, 0.5) is 0 Å². The number of carbonyl (C=O) groups is 2. The van der Waals surface area contributed by atoms with Crippen LogP contribution < -0.4 is 5.56 Å². The van der Waals surface area contributed by atoms with E-state index in [1.807, 2.05) is 0 Å². The highest BCUT2D eigenvalue weighted by Gasteiger charge is 2.26. The van der Waals surface area contributed by atoms with Gasteiger partial charge in [-0.05, 0) is 37.8 Å². The molecule has 0 bridgehead atoms. The standard InChI is InChI=1S/C20H25N3O4/c1-13-9-11-23(12-10-13)20(26)14(2)27-18(24)8-7-17-21-16-6-4-3-5-15(16)19(25)22-17/h3-6,13-14H,7-12H2,1-2H3,(H,21,22,25). The predicted molar refractivity (Wildman–Crippen MR) is 101 cm³/mol. The van der Waals surface area contributed by atoms with E-state index in [0.29, 0.717) is 35.7 Å². The maximum atomic E-state index is 12.4. The minimum absolute atomic E-state index is 0.0515. The quantitative estimate of drug-likeness (QED) is 0.812. The Kier molecular flexibility index (Phi) is 5.88. The Bertz CT molecular complexity index is 884. The number of carbonyl (C=O) groups excluding carboxylic acids is 2. The number of rotatable bonds is 5. The van der Waals surface area contributed by atoms with E-state index in [4.69, 9.17) is 4.74 Å². The van der Waals surface area contributed by atoms with Gasteiger partial charge in [-0.1, -0.05) is 19.1 Å². The number of H-pyrrole nitrogens is 1. The molecule has 0 spiro atoms. The van der Waals surface area contributed by atoms with Gasteiger partial charge in [0.15, 0.2) is 6.10 Å². The second kappa shape index (κ2) is 8.33. The molecule has 1 N–H and O–H groups in total. The van der Waals surface area contributed by atoms with E-state index in [0.717, 1.165) is 12.8 Å². The molecule has 1 aliphatic rings. The number of esters is 1. The monoisotopic (exact) mass is 371 g/mol. The highest BCUT2D eigenvalue weighted by Crippen LogP contribution is 2.17. The van der Waals surface area contributed by atoms with Crippen molar-refractivity contribution in [3.63, 3.8) is 0 Å². The van der Waals surface area contributed by atoms with Crippen LogP contribution in [-0.4, -0.2) is 45.9 Å². The average molecular weight is 371 g/mol. The first-order chi connectivity index (χ1) is 12.9.